The van der Waals surface area contributed by atoms with E-state index in [4.69, 9.17) is 9.15 Å². The van der Waals surface area contributed by atoms with Crippen molar-refractivity contribution >= 4 is 28.5 Å². The summed E-state index contributed by atoms with van der Waals surface area (Å²) in [6.45, 7) is 1.65. The van der Waals surface area contributed by atoms with Gasteiger partial charge in [-0.25, -0.2) is 9.18 Å². The molecule has 7 nitrogen and oxygen atoms in total. The number of carbonyl (C=O) groups excluding carboxylic acids is 2. The summed E-state index contributed by atoms with van der Waals surface area (Å²) >= 11 is 0. The molecular weight excluding hydrogens is 391 g/mol. The third-order valence-electron chi connectivity index (χ3n) is 4.99. The fourth-order valence-corrected chi connectivity index (χ4v) is 3.36. The lowest BCUT2D eigenvalue weighted by atomic mass is 10.2. The number of fused-ring (bicyclic) bond motifs is 1. The summed E-state index contributed by atoms with van der Waals surface area (Å²) in [5.74, 6) is -1.73. The maximum Gasteiger partial charge on any atom is 0.374 e. The van der Waals surface area contributed by atoms with E-state index in [-0.39, 0.29) is 28.5 Å². The molecule has 1 amide bonds. The van der Waals surface area contributed by atoms with Gasteiger partial charge in [-0.05, 0) is 36.4 Å². The molecule has 1 aromatic heterocycles. The van der Waals surface area contributed by atoms with Gasteiger partial charge in [-0.1, -0.05) is 12.1 Å². The molecule has 0 spiro atoms. The summed E-state index contributed by atoms with van der Waals surface area (Å²) in [5.41, 5.74) is 0.813. The Morgan fingerprint density at radius 2 is 1.70 bits per heavy atom. The van der Waals surface area contributed by atoms with Gasteiger partial charge < -0.3 is 19.0 Å². The number of esters is 1. The van der Waals surface area contributed by atoms with Gasteiger partial charge in [-0.15, -0.1) is 0 Å². The fourth-order valence-electron chi connectivity index (χ4n) is 3.36. The predicted molar refractivity (Wildman–Crippen MR) is 108 cm³/mol. The standard InChI is InChI=1S/C22H19FN2O5/c23-15-5-7-16(8-6-15)24-9-11-25(12-10-24)21(27)14-29-22(28)20-13-18(26)17-3-1-2-4-19(17)30-20/h1-8,13H,9-12,14H2. The molecule has 1 fully saturated rings. The molecule has 1 saturated heterocycles. The molecule has 0 radical (unpaired) electrons. The van der Waals surface area contributed by atoms with Crippen LogP contribution in [0.3, 0.4) is 0 Å². The number of carbonyl (C=O) groups is 2. The van der Waals surface area contributed by atoms with Crippen molar-refractivity contribution in [2.45, 2.75) is 0 Å². The smallest absolute Gasteiger partial charge is 0.374 e. The minimum atomic E-state index is -0.865. The van der Waals surface area contributed by atoms with E-state index in [2.05, 4.69) is 4.90 Å². The van der Waals surface area contributed by atoms with Crippen molar-refractivity contribution in [2.75, 3.05) is 37.7 Å². The number of hydrogen-bond donors (Lipinski definition) is 0. The van der Waals surface area contributed by atoms with Crippen LogP contribution in [0.15, 0.2) is 63.8 Å². The zero-order valence-corrected chi connectivity index (χ0v) is 16.0. The number of benzene rings is 2. The van der Waals surface area contributed by atoms with Crippen LogP contribution in [0.2, 0.25) is 0 Å². The minimum absolute atomic E-state index is 0.243. The monoisotopic (exact) mass is 410 g/mol. The van der Waals surface area contributed by atoms with Crippen LogP contribution in [-0.4, -0.2) is 49.6 Å². The molecule has 0 bridgehead atoms. The number of piperazine rings is 1. The molecule has 0 atom stereocenters. The highest BCUT2D eigenvalue weighted by molar-refractivity contribution is 5.90. The van der Waals surface area contributed by atoms with Crippen LogP contribution in [0.1, 0.15) is 10.6 Å². The van der Waals surface area contributed by atoms with Crippen molar-refractivity contribution in [3.8, 4) is 0 Å². The number of nitrogens with zero attached hydrogens (tertiary/aromatic N) is 2. The van der Waals surface area contributed by atoms with Gasteiger partial charge in [0, 0.05) is 37.9 Å². The lowest BCUT2D eigenvalue weighted by Crippen LogP contribution is -2.49. The van der Waals surface area contributed by atoms with Gasteiger partial charge in [0.25, 0.3) is 5.91 Å². The lowest BCUT2D eigenvalue weighted by Gasteiger charge is -2.36. The first kappa shape index (κ1) is 19.6. The number of anilines is 1. The van der Waals surface area contributed by atoms with E-state index in [1.807, 2.05) is 0 Å². The number of amides is 1. The largest absolute Gasteiger partial charge is 0.450 e. The number of rotatable bonds is 4. The summed E-state index contributed by atoms with van der Waals surface area (Å²) in [4.78, 5) is 40.4. The second-order valence-corrected chi connectivity index (χ2v) is 6.89. The Morgan fingerprint density at radius 1 is 1.00 bits per heavy atom. The van der Waals surface area contributed by atoms with Gasteiger partial charge in [0.1, 0.15) is 11.4 Å². The van der Waals surface area contributed by atoms with Crippen LogP contribution in [0.4, 0.5) is 10.1 Å². The third kappa shape index (κ3) is 4.17. The Morgan fingerprint density at radius 3 is 2.43 bits per heavy atom. The zero-order valence-electron chi connectivity index (χ0n) is 16.0. The summed E-state index contributed by atoms with van der Waals surface area (Å²) in [6.07, 6.45) is 0. The first-order valence-corrected chi connectivity index (χ1v) is 9.49. The number of hydrogen-bond acceptors (Lipinski definition) is 6. The summed E-state index contributed by atoms with van der Waals surface area (Å²) in [7, 11) is 0. The Balaban J connectivity index is 1.32. The van der Waals surface area contributed by atoms with Crippen LogP contribution >= 0.6 is 0 Å². The Kier molecular flexibility index (Phi) is 5.47. The molecule has 2 aromatic carbocycles. The third-order valence-corrected chi connectivity index (χ3v) is 4.99. The van der Waals surface area contributed by atoms with Crippen molar-refractivity contribution in [1.82, 2.24) is 4.90 Å². The molecule has 2 heterocycles. The fraction of sp³-hybridized carbons (Fsp3) is 0.227. The summed E-state index contributed by atoms with van der Waals surface area (Å²) in [5, 5.41) is 0.365. The van der Waals surface area contributed by atoms with Crippen molar-refractivity contribution in [3.63, 3.8) is 0 Å². The maximum atomic E-state index is 13.1. The first-order chi connectivity index (χ1) is 14.5. The van der Waals surface area contributed by atoms with Crippen molar-refractivity contribution in [1.29, 1.82) is 0 Å². The quantitative estimate of drug-likeness (QED) is 0.615. The molecule has 154 valence electrons. The van der Waals surface area contributed by atoms with Crippen molar-refractivity contribution < 1.29 is 23.1 Å². The molecule has 0 aliphatic carbocycles. The molecule has 0 unspecified atom stereocenters. The van der Waals surface area contributed by atoms with E-state index in [0.717, 1.165) is 11.8 Å². The van der Waals surface area contributed by atoms with E-state index in [9.17, 15) is 18.8 Å². The number of ether oxygens (including phenoxy) is 1. The van der Waals surface area contributed by atoms with E-state index >= 15 is 0 Å². The average Bonchev–Trinajstić information content (AvgIpc) is 2.78. The van der Waals surface area contributed by atoms with Gasteiger partial charge in [0.2, 0.25) is 5.76 Å². The van der Waals surface area contributed by atoms with E-state index in [1.54, 1.807) is 41.3 Å². The highest BCUT2D eigenvalue weighted by atomic mass is 19.1. The SMILES string of the molecule is O=C(OCC(=O)N1CCN(c2ccc(F)cc2)CC1)c1cc(=O)c2ccccc2o1. The lowest BCUT2D eigenvalue weighted by molar-refractivity contribution is -0.134. The van der Waals surface area contributed by atoms with Gasteiger partial charge in [-0.3, -0.25) is 9.59 Å². The van der Waals surface area contributed by atoms with Gasteiger partial charge in [0.15, 0.2) is 12.0 Å². The Hall–Kier alpha value is -3.68. The van der Waals surface area contributed by atoms with Crippen LogP contribution in [0, 0.1) is 5.82 Å². The second-order valence-electron chi connectivity index (χ2n) is 6.89. The van der Waals surface area contributed by atoms with Gasteiger partial charge in [0.05, 0.1) is 5.39 Å². The Bertz CT molecular complexity index is 1130. The molecule has 0 N–H and O–H groups in total. The highest BCUT2D eigenvalue weighted by Gasteiger charge is 2.23. The van der Waals surface area contributed by atoms with Crippen molar-refractivity contribution in [2.24, 2.45) is 0 Å². The van der Waals surface area contributed by atoms with Crippen LogP contribution in [-0.2, 0) is 9.53 Å². The number of halogens is 1. The molecule has 3 aromatic rings. The molecule has 1 aliphatic rings. The van der Waals surface area contributed by atoms with Crippen LogP contribution in [0.25, 0.3) is 11.0 Å². The first-order valence-electron chi connectivity index (χ1n) is 9.49. The average molecular weight is 410 g/mol. The summed E-state index contributed by atoms with van der Waals surface area (Å²) in [6, 6.07) is 13.8. The van der Waals surface area contributed by atoms with E-state index < -0.39 is 12.6 Å². The minimum Gasteiger partial charge on any atom is -0.450 e. The second kappa shape index (κ2) is 8.36. The highest BCUT2D eigenvalue weighted by Crippen LogP contribution is 2.17. The topological polar surface area (TPSA) is 80.1 Å². The normalized spacial score (nSPS) is 14.0. The number of para-hydroxylation sites is 1. The van der Waals surface area contributed by atoms with Crippen LogP contribution < -0.4 is 10.3 Å². The summed E-state index contributed by atoms with van der Waals surface area (Å²) < 4.78 is 23.5. The van der Waals surface area contributed by atoms with Gasteiger partial charge >= 0.3 is 5.97 Å². The Labute approximate surface area is 171 Å². The molecular formula is C22H19FN2O5. The molecule has 4 rings (SSSR count). The molecule has 0 saturated carbocycles. The maximum absolute atomic E-state index is 13.1. The van der Waals surface area contributed by atoms with Gasteiger partial charge in [-0.2, -0.15) is 0 Å². The predicted octanol–water partition coefficient (Wildman–Crippen LogP) is 2.44. The van der Waals surface area contributed by atoms with E-state index in [1.165, 1.54) is 12.1 Å². The molecule has 30 heavy (non-hydrogen) atoms. The zero-order chi connectivity index (χ0) is 21.1. The molecule has 1 aliphatic heterocycles. The molecule has 8 heteroatoms. The van der Waals surface area contributed by atoms with Crippen LogP contribution in [0.5, 0.6) is 0 Å². The van der Waals surface area contributed by atoms with E-state index in [0.29, 0.717) is 31.6 Å². The van der Waals surface area contributed by atoms with Crippen molar-refractivity contribution in [3.05, 3.63) is 76.4 Å².